The number of nitrogens with one attached hydrogen (secondary N) is 2. The Morgan fingerprint density at radius 1 is 1.38 bits per heavy atom. The summed E-state index contributed by atoms with van der Waals surface area (Å²) >= 11 is 0. The number of ether oxygens (including phenoxy) is 1. The van der Waals surface area contributed by atoms with E-state index in [0.29, 0.717) is 11.3 Å². The van der Waals surface area contributed by atoms with E-state index in [0.717, 1.165) is 25.9 Å². The molecule has 1 aliphatic heterocycles. The van der Waals surface area contributed by atoms with Gasteiger partial charge in [0.25, 0.3) is 11.8 Å². The van der Waals surface area contributed by atoms with E-state index in [9.17, 15) is 9.59 Å². The molecule has 2 amide bonds. The molecule has 116 valence electrons. The molecule has 1 aromatic rings. The SMILES string of the molecule is Cl.NC(=O)COc1ccccc1C(=O)NC1CCCNC1. The molecular weight excluding hydrogens is 294 g/mol. The molecule has 4 N–H and O–H groups in total. The molecule has 0 aliphatic carbocycles. The van der Waals surface area contributed by atoms with E-state index >= 15 is 0 Å². The van der Waals surface area contributed by atoms with Crippen molar-refractivity contribution in [2.75, 3.05) is 19.7 Å². The largest absolute Gasteiger partial charge is 0.483 e. The quantitative estimate of drug-likeness (QED) is 0.736. The number of rotatable bonds is 5. The summed E-state index contributed by atoms with van der Waals surface area (Å²) in [4.78, 5) is 23.0. The second-order valence-corrected chi connectivity index (χ2v) is 4.77. The van der Waals surface area contributed by atoms with Crippen LogP contribution in [0, 0.1) is 0 Å². The Kier molecular flexibility index (Phi) is 6.98. The summed E-state index contributed by atoms with van der Waals surface area (Å²) in [6, 6.07) is 6.94. The van der Waals surface area contributed by atoms with Crippen LogP contribution in [0.2, 0.25) is 0 Å². The van der Waals surface area contributed by atoms with Crippen molar-refractivity contribution < 1.29 is 14.3 Å². The zero-order chi connectivity index (χ0) is 14.4. The normalized spacial score (nSPS) is 17.4. The molecule has 0 radical (unpaired) electrons. The standard InChI is InChI=1S/C14H19N3O3.ClH/c15-13(18)9-20-12-6-2-1-5-11(12)14(19)17-10-4-3-7-16-8-10;/h1-2,5-6,10,16H,3-4,7-9H2,(H2,15,18)(H,17,19);1H. The number of hydrogen-bond acceptors (Lipinski definition) is 4. The van der Waals surface area contributed by atoms with Gasteiger partial charge >= 0.3 is 0 Å². The molecular formula is C14H20ClN3O3. The summed E-state index contributed by atoms with van der Waals surface area (Å²) in [5.41, 5.74) is 5.46. The summed E-state index contributed by atoms with van der Waals surface area (Å²) in [6.07, 6.45) is 2.01. The Morgan fingerprint density at radius 3 is 2.81 bits per heavy atom. The third-order valence-corrected chi connectivity index (χ3v) is 3.13. The van der Waals surface area contributed by atoms with Crippen LogP contribution >= 0.6 is 12.4 Å². The summed E-state index contributed by atoms with van der Waals surface area (Å²) in [5, 5.41) is 6.20. The average Bonchev–Trinajstić information content (AvgIpc) is 2.46. The van der Waals surface area contributed by atoms with E-state index in [2.05, 4.69) is 10.6 Å². The van der Waals surface area contributed by atoms with Gasteiger partial charge < -0.3 is 21.1 Å². The number of hydrogen-bond donors (Lipinski definition) is 3. The number of carbonyl (C=O) groups excluding carboxylic acids is 2. The van der Waals surface area contributed by atoms with Crippen LogP contribution in [-0.2, 0) is 4.79 Å². The first-order valence-electron chi connectivity index (χ1n) is 6.68. The molecule has 0 saturated carbocycles. The van der Waals surface area contributed by atoms with Gasteiger partial charge in [-0.25, -0.2) is 0 Å². The molecule has 7 heteroatoms. The molecule has 6 nitrogen and oxygen atoms in total. The van der Waals surface area contributed by atoms with E-state index in [1.54, 1.807) is 24.3 Å². The Bertz CT molecular complexity index is 490. The predicted molar refractivity (Wildman–Crippen MR) is 81.7 cm³/mol. The molecule has 21 heavy (non-hydrogen) atoms. The van der Waals surface area contributed by atoms with Gasteiger partial charge in [-0.2, -0.15) is 0 Å². The molecule has 1 unspecified atom stereocenters. The fraction of sp³-hybridized carbons (Fsp3) is 0.429. The highest BCUT2D eigenvalue weighted by molar-refractivity contribution is 5.97. The third kappa shape index (κ3) is 5.24. The Balaban J connectivity index is 0.00000220. The van der Waals surface area contributed by atoms with Gasteiger partial charge in [0.15, 0.2) is 6.61 Å². The van der Waals surface area contributed by atoms with Gasteiger partial charge in [-0.05, 0) is 31.5 Å². The van der Waals surface area contributed by atoms with Crippen LogP contribution in [0.15, 0.2) is 24.3 Å². The minimum atomic E-state index is -0.573. The average molecular weight is 314 g/mol. The first-order valence-corrected chi connectivity index (χ1v) is 6.68. The van der Waals surface area contributed by atoms with Gasteiger partial charge in [0.2, 0.25) is 0 Å². The van der Waals surface area contributed by atoms with Crippen LogP contribution < -0.4 is 21.1 Å². The third-order valence-electron chi connectivity index (χ3n) is 3.13. The maximum atomic E-state index is 12.2. The second kappa shape index (κ2) is 8.49. The summed E-state index contributed by atoms with van der Waals surface area (Å²) in [5.74, 6) is -0.400. The zero-order valence-corrected chi connectivity index (χ0v) is 12.4. The van der Waals surface area contributed by atoms with Gasteiger partial charge in [0.1, 0.15) is 5.75 Å². The van der Waals surface area contributed by atoms with Gasteiger partial charge in [-0.15, -0.1) is 12.4 Å². The maximum absolute atomic E-state index is 12.2. The zero-order valence-electron chi connectivity index (χ0n) is 11.6. The number of para-hydroxylation sites is 1. The van der Waals surface area contributed by atoms with Crippen LogP contribution in [-0.4, -0.2) is 37.6 Å². The summed E-state index contributed by atoms with van der Waals surface area (Å²) in [7, 11) is 0. The minimum absolute atomic E-state index is 0. The van der Waals surface area contributed by atoms with Crippen molar-refractivity contribution in [1.82, 2.24) is 10.6 Å². The molecule has 1 atom stereocenters. The number of amides is 2. The lowest BCUT2D eigenvalue weighted by Gasteiger charge is -2.24. The lowest BCUT2D eigenvalue weighted by Crippen LogP contribution is -2.45. The van der Waals surface area contributed by atoms with Gasteiger partial charge in [-0.3, -0.25) is 9.59 Å². The Morgan fingerprint density at radius 2 is 2.14 bits per heavy atom. The lowest BCUT2D eigenvalue weighted by atomic mass is 10.1. The molecule has 1 heterocycles. The number of halogens is 1. The fourth-order valence-electron chi connectivity index (χ4n) is 2.17. The molecule has 0 aromatic heterocycles. The van der Waals surface area contributed by atoms with Crippen molar-refractivity contribution in [2.45, 2.75) is 18.9 Å². The second-order valence-electron chi connectivity index (χ2n) is 4.77. The predicted octanol–water partition coefficient (Wildman–Crippen LogP) is 0.454. The highest BCUT2D eigenvalue weighted by atomic mass is 35.5. The number of carbonyl (C=O) groups is 2. The molecule has 1 aromatic carbocycles. The molecule has 1 aliphatic rings. The van der Waals surface area contributed by atoms with E-state index in [-0.39, 0.29) is 31.0 Å². The van der Waals surface area contributed by atoms with Gasteiger partial charge in [-0.1, -0.05) is 12.1 Å². The van der Waals surface area contributed by atoms with Crippen molar-refractivity contribution in [1.29, 1.82) is 0 Å². The van der Waals surface area contributed by atoms with Crippen molar-refractivity contribution in [3.05, 3.63) is 29.8 Å². The number of nitrogens with two attached hydrogens (primary N) is 1. The van der Waals surface area contributed by atoms with Crippen LogP contribution in [0.1, 0.15) is 23.2 Å². The number of primary amides is 1. The molecule has 0 spiro atoms. The fourth-order valence-corrected chi connectivity index (χ4v) is 2.17. The Hall–Kier alpha value is -1.79. The minimum Gasteiger partial charge on any atom is -0.483 e. The van der Waals surface area contributed by atoms with E-state index in [1.807, 2.05) is 0 Å². The topological polar surface area (TPSA) is 93.5 Å². The smallest absolute Gasteiger partial charge is 0.255 e. The van der Waals surface area contributed by atoms with Gasteiger partial charge in [0.05, 0.1) is 5.56 Å². The number of piperidine rings is 1. The number of benzene rings is 1. The van der Waals surface area contributed by atoms with Gasteiger partial charge in [0, 0.05) is 12.6 Å². The van der Waals surface area contributed by atoms with Crippen LogP contribution in [0.5, 0.6) is 5.75 Å². The van der Waals surface area contributed by atoms with Crippen LogP contribution in [0.3, 0.4) is 0 Å². The highest BCUT2D eigenvalue weighted by Crippen LogP contribution is 2.18. The van der Waals surface area contributed by atoms with Crippen LogP contribution in [0.4, 0.5) is 0 Å². The van der Waals surface area contributed by atoms with Crippen LogP contribution in [0.25, 0.3) is 0 Å². The van der Waals surface area contributed by atoms with Crippen molar-refractivity contribution in [3.63, 3.8) is 0 Å². The summed E-state index contributed by atoms with van der Waals surface area (Å²) < 4.78 is 5.26. The van der Waals surface area contributed by atoms with Crippen molar-refractivity contribution >= 4 is 24.2 Å². The molecule has 1 fully saturated rings. The van der Waals surface area contributed by atoms with E-state index in [1.165, 1.54) is 0 Å². The molecule has 2 rings (SSSR count). The lowest BCUT2D eigenvalue weighted by molar-refractivity contribution is -0.119. The van der Waals surface area contributed by atoms with Crippen molar-refractivity contribution in [3.8, 4) is 5.75 Å². The molecule has 0 bridgehead atoms. The first kappa shape index (κ1) is 17.3. The molecule has 1 saturated heterocycles. The van der Waals surface area contributed by atoms with E-state index < -0.39 is 5.91 Å². The maximum Gasteiger partial charge on any atom is 0.255 e. The highest BCUT2D eigenvalue weighted by Gasteiger charge is 2.18. The summed E-state index contributed by atoms with van der Waals surface area (Å²) in [6.45, 7) is 1.52. The Labute approximate surface area is 129 Å². The monoisotopic (exact) mass is 313 g/mol. The van der Waals surface area contributed by atoms with E-state index in [4.69, 9.17) is 10.5 Å². The first-order chi connectivity index (χ1) is 9.66. The van der Waals surface area contributed by atoms with Crippen molar-refractivity contribution in [2.24, 2.45) is 5.73 Å².